The van der Waals surface area contributed by atoms with Crippen LogP contribution >= 0.6 is 0 Å². The predicted molar refractivity (Wildman–Crippen MR) is 145 cm³/mol. The van der Waals surface area contributed by atoms with E-state index in [2.05, 4.69) is 21.5 Å². The van der Waals surface area contributed by atoms with Crippen molar-refractivity contribution in [1.82, 2.24) is 14.8 Å². The maximum absolute atomic E-state index is 13.0. The van der Waals surface area contributed by atoms with Crippen LogP contribution in [0.1, 0.15) is 16.8 Å². The van der Waals surface area contributed by atoms with Gasteiger partial charge in [-0.1, -0.05) is 42.0 Å². The Bertz CT molecular complexity index is 1690. The number of fused-ring (bicyclic) bond motifs is 1. The SMILES string of the molecule is Cc1cccc(Oc2cc(NC(=O)Cn3nc(C)c4c(-c5cccc(C)c5)ccnc43)cc([N+](=O)[O-])c2)c1. The van der Waals surface area contributed by atoms with Gasteiger partial charge in [-0.15, -0.1) is 0 Å². The third kappa shape index (κ3) is 5.22. The first-order valence-electron chi connectivity index (χ1n) is 12.0. The quantitative estimate of drug-likeness (QED) is 0.203. The van der Waals surface area contributed by atoms with Gasteiger partial charge in [-0.25, -0.2) is 9.67 Å². The van der Waals surface area contributed by atoms with Crippen molar-refractivity contribution >= 4 is 28.3 Å². The van der Waals surface area contributed by atoms with Gasteiger partial charge in [0, 0.05) is 23.7 Å². The molecule has 9 heteroatoms. The van der Waals surface area contributed by atoms with Crippen LogP contribution in [-0.4, -0.2) is 25.6 Å². The van der Waals surface area contributed by atoms with Crippen LogP contribution in [0.5, 0.6) is 11.5 Å². The Morgan fingerprint density at radius 3 is 2.47 bits per heavy atom. The van der Waals surface area contributed by atoms with Crippen LogP contribution in [0.2, 0.25) is 0 Å². The molecular weight excluding hydrogens is 482 g/mol. The predicted octanol–water partition coefficient (Wildman–Crippen LogP) is 6.36. The van der Waals surface area contributed by atoms with E-state index in [0.717, 1.165) is 33.3 Å². The summed E-state index contributed by atoms with van der Waals surface area (Å²) in [5.74, 6) is 0.376. The van der Waals surface area contributed by atoms with Crippen molar-refractivity contribution in [3.8, 4) is 22.6 Å². The molecule has 5 rings (SSSR count). The highest BCUT2D eigenvalue weighted by Gasteiger charge is 2.18. The number of non-ortho nitro benzene ring substituents is 1. The monoisotopic (exact) mass is 507 g/mol. The Balaban J connectivity index is 1.41. The molecule has 5 aromatic rings. The van der Waals surface area contributed by atoms with Crippen molar-refractivity contribution < 1.29 is 14.5 Å². The number of amides is 1. The van der Waals surface area contributed by atoms with Crippen LogP contribution in [0, 0.1) is 30.9 Å². The Morgan fingerprint density at radius 2 is 1.74 bits per heavy atom. The summed E-state index contributed by atoms with van der Waals surface area (Å²) < 4.78 is 7.37. The molecule has 3 aromatic carbocycles. The summed E-state index contributed by atoms with van der Waals surface area (Å²) in [5, 5.41) is 19.7. The normalized spacial score (nSPS) is 10.9. The average molecular weight is 508 g/mol. The summed E-state index contributed by atoms with van der Waals surface area (Å²) in [7, 11) is 0. The number of nitrogens with one attached hydrogen (secondary N) is 1. The summed E-state index contributed by atoms with van der Waals surface area (Å²) in [5.41, 5.74) is 5.54. The number of anilines is 1. The van der Waals surface area contributed by atoms with Gasteiger partial charge in [0.25, 0.3) is 5.69 Å². The first-order valence-corrected chi connectivity index (χ1v) is 12.0. The van der Waals surface area contributed by atoms with Gasteiger partial charge < -0.3 is 10.1 Å². The minimum Gasteiger partial charge on any atom is -0.457 e. The fraction of sp³-hybridized carbons (Fsp3) is 0.138. The minimum absolute atomic E-state index is 0.120. The van der Waals surface area contributed by atoms with Gasteiger partial charge in [0.1, 0.15) is 18.0 Å². The van der Waals surface area contributed by atoms with Crippen LogP contribution in [0.3, 0.4) is 0 Å². The van der Waals surface area contributed by atoms with Crippen molar-refractivity contribution in [2.75, 3.05) is 5.32 Å². The van der Waals surface area contributed by atoms with Crippen LogP contribution in [0.25, 0.3) is 22.2 Å². The molecule has 0 fully saturated rings. The molecule has 2 aromatic heterocycles. The van der Waals surface area contributed by atoms with Crippen LogP contribution < -0.4 is 10.1 Å². The Kier molecular flexibility index (Phi) is 6.57. The molecule has 38 heavy (non-hydrogen) atoms. The molecule has 0 bridgehead atoms. The van der Waals surface area contributed by atoms with Crippen molar-refractivity contribution in [3.05, 3.63) is 106 Å². The van der Waals surface area contributed by atoms with E-state index in [4.69, 9.17) is 4.74 Å². The second-order valence-electron chi connectivity index (χ2n) is 9.11. The molecular formula is C29H25N5O4. The lowest BCUT2D eigenvalue weighted by Crippen LogP contribution is -2.20. The molecule has 0 aliphatic rings. The number of carbonyl (C=O) groups is 1. The molecule has 190 valence electrons. The van der Waals surface area contributed by atoms with E-state index in [1.165, 1.54) is 12.1 Å². The first-order chi connectivity index (χ1) is 18.3. The molecule has 0 saturated carbocycles. The molecule has 9 nitrogen and oxygen atoms in total. The highest BCUT2D eigenvalue weighted by atomic mass is 16.6. The van der Waals surface area contributed by atoms with Crippen molar-refractivity contribution in [3.63, 3.8) is 0 Å². The lowest BCUT2D eigenvalue weighted by atomic mass is 10.0. The molecule has 0 spiro atoms. The summed E-state index contributed by atoms with van der Waals surface area (Å²) in [6, 6.07) is 21.6. The fourth-order valence-electron chi connectivity index (χ4n) is 4.42. The number of ether oxygens (including phenoxy) is 1. The number of rotatable bonds is 7. The third-order valence-electron chi connectivity index (χ3n) is 6.04. The zero-order valence-electron chi connectivity index (χ0n) is 21.1. The first kappa shape index (κ1) is 24.6. The molecule has 0 atom stereocenters. The van der Waals surface area contributed by atoms with Gasteiger partial charge in [0.05, 0.1) is 22.4 Å². The number of benzene rings is 3. The zero-order valence-corrected chi connectivity index (χ0v) is 21.1. The molecule has 0 aliphatic carbocycles. The molecule has 1 amide bonds. The molecule has 2 heterocycles. The van der Waals surface area contributed by atoms with E-state index in [-0.39, 0.29) is 23.7 Å². The van der Waals surface area contributed by atoms with Gasteiger partial charge in [-0.3, -0.25) is 14.9 Å². The number of nitro groups is 1. The Labute approximate surface area is 218 Å². The van der Waals surface area contributed by atoms with E-state index in [1.54, 1.807) is 23.0 Å². The Morgan fingerprint density at radius 1 is 0.974 bits per heavy atom. The summed E-state index contributed by atoms with van der Waals surface area (Å²) in [6.07, 6.45) is 1.70. The largest absolute Gasteiger partial charge is 0.457 e. The summed E-state index contributed by atoms with van der Waals surface area (Å²) >= 11 is 0. The number of carbonyl (C=O) groups excluding carboxylic acids is 1. The smallest absolute Gasteiger partial charge is 0.275 e. The van der Waals surface area contributed by atoms with Gasteiger partial charge in [-0.2, -0.15) is 5.10 Å². The standard InChI is InChI=1S/C29H25N5O4/c1-18-6-4-8-21(12-18)26-10-11-30-29-28(26)20(3)32-33(29)17-27(35)31-22-14-23(34(36)37)16-25(15-22)38-24-9-5-7-19(2)13-24/h4-16H,17H2,1-3H3,(H,31,35). The molecule has 0 unspecified atom stereocenters. The number of hydrogen-bond donors (Lipinski definition) is 1. The highest BCUT2D eigenvalue weighted by molar-refractivity contribution is 5.96. The third-order valence-corrected chi connectivity index (χ3v) is 6.04. The lowest BCUT2D eigenvalue weighted by Gasteiger charge is -2.10. The number of nitrogens with zero attached hydrogens (tertiary/aromatic N) is 4. The number of pyridine rings is 1. The zero-order chi connectivity index (χ0) is 26.8. The van der Waals surface area contributed by atoms with E-state index < -0.39 is 10.8 Å². The lowest BCUT2D eigenvalue weighted by molar-refractivity contribution is -0.384. The Hall–Kier alpha value is -5.05. The summed E-state index contributed by atoms with van der Waals surface area (Å²) in [4.78, 5) is 28.5. The van der Waals surface area contributed by atoms with Crippen molar-refractivity contribution in [1.29, 1.82) is 0 Å². The maximum atomic E-state index is 13.0. The average Bonchev–Trinajstić information content (AvgIpc) is 3.19. The topological polar surface area (TPSA) is 112 Å². The summed E-state index contributed by atoms with van der Waals surface area (Å²) in [6.45, 7) is 5.72. The van der Waals surface area contributed by atoms with E-state index >= 15 is 0 Å². The molecule has 1 N–H and O–H groups in total. The molecule has 0 radical (unpaired) electrons. The number of nitro benzene ring substituents is 1. The number of aromatic nitrogens is 3. The maximum Gasteiger partial charge on any atom is 0.275 e. The van der Waals surface area contributed by atoms with Gasteiger partial charge in [0.15, 0.2) is 5.65 Å². The van der Waals surface area contributed by atoms with Crippen LogP contribution in [0.4, 0.5) is 11.4 Å². The number of hydrogen-bond acceptors (Lipinski definition) is 6. The van der Waals surface area contributed by atoms with Crippen molar-refractivity contribution in [2.45, 2.75) is 27.3 Å². The van der Waals surface area contributed by atoms with Gasteiger partial charge in [0.2, 0.25) is 5.91 Å². The number of aryl methyl sites for hydroxylation is 3. The minimum atomic E-state index is -0.528. The van der Waals surface area contributed by atoms with Gasteiger partial charge >= 0.3 is 0 Å². The fourth-order valence-corrected chi connectivity index (χ4v) is 4.42. The second kappa shape index (κ2) is 10.1. The van der Waals surface area contributed by atoms with Crippen LogP contribution in [-0.2, 0) is 11.3 Å². The molecule has 0 aliphatic heterocycles. The van der Waals surface area contributed by atoms with E-state index in [1.807, 2.05) is 63.2 Å². The second-order valence-corrected chi connectivity index (χ2v) is 9.11. The van der Waals surface area contributed by atoms with Gasteiger partial charge in [-0.05, 0) is 55.7 Å². The highest BCUT2D eigenvalue weighted by Crippen LogP contribution is 2.32. The van der Waals surface area contributed by atoms with Crippen LogP contribution in [0.15, 0.2) is 79.0 Å². The van der Waals surface area contributed by atoms with E-state index in [9.17, 15) is 14.9 Å². The van der Waals surface area contributed by atoms with Crippen molar-refractivity contribution in [2.24, 2.45) is 0 Å². The molecule has 0 saturated heterocycles. The van der Waals surface area contributed by atoms with E-state index in [0.29, 0.717) is 11.4 Å².